The van der Waals surface area contributed by atoms with Gasteiger partial charge >= 0.3 is 0 Å². The van der Waals surface area contributed by atoms with Gasteiger partial charge in [0.2, 0.25) is 0 Å². The average molecular weight is 388 g/mol. The predicted octanol–water partition coefficient (Wildman–Crippen LogP) is 3.98. The van der Waals surface area contributed by atoms with E-state index in [4.69, 9.17) is 0 Å². The largest absolute Gasteiger partial charge is 0.371 e. The van der Waals surface area contributed by atoms with Crippen molar-refractivity contribution in [3.63, 3.8) is 0 Å². The lowest BCUT2D eigenvalue weighted by Gasteiger charge is -2.50. The van der Waals surface area contributed by atoms with E-state index < -0.39 is 0 Å². The molecule has 1 saturated heterocycles. The Labute approximate surface area is 172 Å². The van der Waals surface area contributed by atoms with Gasteiger partial charge in [-0.2, -0.15) is 0 Å². The molecule has 4 atom stereocenters. The molecule has 4 nitrogen and oxygen atoms in total. The van der Waals surface area contributed by atoms with Crippen molar-refractivity contribution >= 4 is 5.78 Å². The van der Waals surface area contributed by atoms with Crippen molar-refractivity contribution in [2.75, 3.05) is 0 Å². The van der Waals surface area contributed by atoms with E-state index in [0.29, 0.717) is 6.42 Å². The molecule has 2 heterocycles. The Bertz CT molecular complexity index is 966. The summed E-state index contributed by atoms with van der Waals surface area (Å²) in [5, 5.41) is 3.71. The highest BCUT2D eigenvalue weighted by Gasteiger charge is 2.57. The fourth-order valence-electron chi connectivity index (χ4n) is 5.82. The molecule has 0 spiro atoms. The minimum absolute atomic E-state index is 0.0157. The zero-order valence-corrected chi connectivity index (χ0v) is 17.3. The monoisotopic (exact) mass is 387 g/mol. The lowest BCUT2D eigenvalue weighted by Crippen LogP contribution is -2.58. The summed E-state index contributed by atoms with van der Waals surface area (Å²) in [4.78, 5) is 13.5. The second-order valence-electron chi connectivity index (χ2n) is 9.69. The van der Waals surface area contributed by atoms with Crippen LogP contribution < -0.4 is 16.2 Å². The molecule has 3 aliphatic rings. The summed E-state index contributed by atoms with van der Waals surface area (Å²) in [7, 11) is 0. The van der Waals surface area contributed by atoms with Gasteiger partial charge in [0, 0.05) is 29.0 Å². The summed E-state index contributed by atoms with van der Waals surface area (Å²) in [6.45, 7) is 6.65. The molecule has 3 N–H and O–H groups in total. The molecule has 1 fully saturated rings. The number of hydrazine groups is 1. The quantitative estimate of drug-likeness (QED) is 0.730. The van der Waals surface area contributed by atoms with E-state index in [-0.39, 0.29) is 34.7 Å². The lowest BCUT2D eigenvalue weighted by molar-refractivity contribution is -0.119. The molecule has 0 aromatic heterocycles. The predicted molar refractivity (Wildman–Crippen MR) is 115 cm³/mol. The Morgan fingerprint density at radius 1 is 0.862 bits per heavy atom. The highest BCUT2D eigenvalue weighted by atomic mass is 16.1. The van der Waals surface area contributed by atoms with Gasteiger partial charge in [0.05, 0.1) is 12.2 Å². The number of hydrogen-bond acceptors (Lipinski definition) is 4. The number of carbonyl (C=O) groups is 1. The fraction of sp³-hybridized carbons (Fsp3) is 0.400. The Morgan fingerprint density at radius 3 is 2.21 bits per heavy atom. The number of hydrogen-bond donors (Lipinski definition) is 3. The number of carbonyl (C=O) groups excluding carboxylic acids is 1. The van der Waals surface area contributed by atoms with Crippen LogP contribution in [0, 0.1) is 11.3 Å². The molecule has 5 rings (SSSR count). The van der Waals surface area contributed by atoms with Gasteiger partial charge in [0.25, 0.3) is 0 Å². The van der Waals surface area contributed by atoms with Crippen molar-refractivity contribution in [1.82, 2.24) is 16.2 Å². The standard InChI is InChI=1S/C25H29N3O/c1-24(2)14-18-20(19(29)15-24)25(3,17-12-8-5-9-13-17)21-22(27-28-23(21)26-18)16-10-6-4-7-11-16/h4-13,21-23,26-28H,14-15H2,1-3H3. The third kappa shape index (κ3) is 2.85. The molecule has 2 aliphatic heterocycles. The first-order valence-corrected chi connectivity index (χ1v) is 10.5. The maximum absolute atomic E-state index is 13.5. The van der Waals surface area contributed by atoms with Gasteiger partial charge in [0.1, 0.15) is 0 Å². The smallest absolute Gasteiger partial charge is 0.162 e. The van der Waals surface area contributed by atoms with E-state index in [1.54, 1.807) is 0 Å². The highest BCUT2D eigenvalue weighted by molar-refractivity contribution is 6.00. The zero-order valence-electron chi connectivity index (χ0n) is 17.3. The van der Waals surface area contributed by atoms with Crippen LogP contribution in [-0.4, -0.2) is 11.9 Å². The van der Waals surface area contributed by atoms with Gasteiger partial charge in [-0.25, -0.2) is 10.9 Å². The van der Waals surface area contributed by atoms with E-state index in [0.717, 1.165) is 17.7 Å². The van der Waals surface area contributed by atoms with Gasteiger partial charge < -0.3 is 5.32 Å². The van der Waals surface area contributed by atoms with Crippen molar-refractivity contribution in [2.24, 2.45) is 11.3 Å². The topological polar surface area (TPSA) is 53.2 Å². The van der Waals surface area contributed by atoms with Crippen LogP contribution in [-0.2, 0) is 10.2 Å². The molecule has 0 amide bonds. The van der Waals surface area contributed by atoms with Crippen molar-refractivity contribution in [1.29, 1.82) is 0 Å². The van der Waals surface area contributed by atoms with Crippen molar-refractivity contribution in [2.45, 2.75) is 51.2 Å². The van der Waals surface area contributed by atoms with Crippen LogP contribution in [0.2, 0.25) is 0 Å². The van der Waals surface area contributed by atoms with Crippen molar-refractivity contribution in [3.05, 3.63) is 83.1 Å². The van der Waals surface area contributed by atoms with Crippen LogP contribution >= 0.6 is 0 Å². The lowest BCUT2D eigenvalue weighted by atomic mass is 9.56. The van der Waals surface area contributed by atoms with Crippen LogP contribution in [0.5, 0.6) is 0 Å². The summed E-state index contributed by atoms with van der Waals surface area (Å²) in [6, 6.07) is 21.2. The second-order valence-corrected chi connectivity index (χ2v) is 9.69. The molecule has 4 heteroatoms. The van der Waals surface area contributed by atoms with Crippen LogP contribution in [0.4, 0.5) is 0 Å². The average Bonchev–Trinajstić information content (AvgIpc) is 3.12. The van der Waals surface area contributed by atoms with Crippen LogP contribution in [0.25, 0.3) is 0 Å². The SMILES string of the molecule is CC1(C)CC(=O)C2=C(C1)NC1NNC(c3ccccc3)C1C2(C)c1ccccc1. The van der Waals surface area contributed by atoms with E-state index in [9.17, 15) is 4.79 Å². The van der Waals surface area contributed by atoms with Gasteiger partial charge in [-0.15, -0.1) is 0 Å². The number of nitrogens with one attached hydrogen (secondary N) is 3. The number of Topliss-reactive ketones (excluding diaryl/α,β-unsaturated/α-hetero) is 1. The van der Waals surface area contributed by atoms with E-state index in [1.807, 2.05) is 12.1 Å². The maximum atomic E-state index is 13.5. The Kier molecular flexibility index (Phi) is 4.19. The molecular weight excluding hydrogens is 358 g/mol. The first-order valence-electron chi connectivity index (χ1n) is 10.5. The molecule has 4 unspecified atom stereocenters. The van der Waals surface area contributed by atoms with Gasteiger partial charge in [0.15, 0.2) is 5.78 Å². The summed E-state index contributed by atoms with van der Waals surface area (Å²) < 4.78 is 0. The molecule has 2 aromatic rings. The summed E-state index contributed by atoms with van der Waals surface area (Å²) in [5.74, 6) is 0.448. The van der Waals surface area contributed by atoms with Crippen LogP contribution in [0.3, 0.4) is 0 Å². The first-order chi connectivity index (χ1) is 13.9. The van der Waals surface area contributed by atoms with E-state index >= 15 is 0 Å². The molecule has 150 valence electrons. The van der Waals surface area contributed by atoms with Gasteiger partial charge in [-0.3, -0.25) is 4.79 Å². The summed E-state index contributed by atoms with van der Waals surface area (Å²) in [6.07, 6.45) is 1.56. The van der Waals surface area contributed by atoms with E-state index in [1.165, 1.54) is 11.1 Å². The molecule has 0 saturated carbocycles. The molecule has 0 bridgehead atoms. The van der Waals surface area contributed by atoms with Crippen molar-refractivity contribution < 1.29 is 4.79 Å². The highest BCUT2D eigenvalue weighted by Crippen LogP contribution is 2.54. The Hall–Kier alpha value is -2.43. The number of fused-ring (bicyclic) bond motifs is 1. The third-order valence-electron chi connectivity index (χ3n) is 7.04. The first kappa shape index (κ1) is 18.6. The maximum Gasteiger partial charge on any atom is 0.162 e. The number of allylic oxidation sites excluding steroid dienone is 2. The molecule has 2 aromatic carbocycles. The normalized spacial score (nSPS) is 33.1. The minimum atomic E-state index is -0.378. The number of ketones is 1. The Balaban J connectivity index is 1.71. The molecule has 1 aliphatic carbocycles. The molecule has 0 radical (unpaired) electrons. The van der Waals surface area contributed by atoms with E-state index in [2.05, 4.69) is 85.5 Å². The summed E-state index contributed by atoms with van der Waals surface area (Å²) >= 11 is 0. The number of benzene rings is 2. The number of rotatable bonds is 2. The van der Waals surface area contributed by atoms with Gasteiger partial charge in [-0.05, 0) is 23.0 Å². The van der Waals surface area contributed by atoms with Crippen LogP contribution in [0.15, 0.2) is 71.9 Å². The molecular formula is C25H29N3O. The van der Waals surface area contributed by atoms with Crippen molar-refractivity contribution in [3.8, 4) is 0 Å². The third-order valence-corrected chi connectivity index (χ3v) is 7.04. The van der Waals surface area contributed by atoms with Crippen LogP contribution in [0.1, 0.15) is 50.8 Å². The Morgan fingerprint density at radius 2 is 1.52 bits per heavy atom. The summed E-state index contributed by atoms with van der Waals surface area (Å²) in [5.41, 5.74) is 11.2. The zero-order chi connectivity index (χ0) is 20.2. The van der Waals surface area contributed by atoms with Gasteiger partial charge in [-0.1, -0.05) is 81.4 Å². The second kappa shape index (κ2) is 6.54. The molecule has 29 heavy (non-hydrogen) atoms. The minimum Gasteiger partial charge on any atom is -0.371 e. The fourth-order valence-corrected chi connectivity index (χ4v) is 5.82.